The number of halogens is 1. The summed E-state index contributed by atoms with van der Waals surface area (Å²) in [5, 5.41) is 4.17. The van der Waals surface area contributed by atoms with Gasteiger partial charge in [-0.05, 0) is 36.6 Å². The van der Waals surface area contributed by atoms with Crippen molar-refractivity contribution in [2.24, 2.45) is 0 Å². The van der Waals surface area contributed by atoms with Crippen molar-refractivity contribution in [3.63, 3.8) is 0 Å². The molecule has 132 valence electrons. The third kappa shape index (κ3) is 3.76. The minimum atomic E-state index is -0.300. The van der Waals surface area contributed by atoms with Crippen molar-refractivity contribution in [3.05, 3.63) is 63.8 Å². The second-order valence-corrected chi connectivity index (χ2v) is 5.98. The molecular formula is C18H20FN3O3. The number of ether oxygens (including phenoxy) is 1. The van der Waals surface area contributed by atoms with Crippen molar-refractivity contribution >= 4 is 5.91 Å². The largest absolute Gasteiger partial charge is 0.383 e. The van der Waals surface area contributed by atoms with Gasteiger partial charge in [0.1, 0.15) is 11.5 Å². The summed E-state index contributed by atoms with van der Waals surface area (Å²) >= 11 is 0. The predicted octanol–water partition coefficient (Wildman–Crippen LogP) is 2.01. The van der Waals surface area contributed by atoms with Crippen molar-refractivity contribution in [1.29, 1.82) is 0 Å². The monoisotopic (exact) mass is 345 g/mol. The van der Waals surface area contributed by atoms with E-state index in [1.54, 1.807) is 17.0 Å². The summed E-state index contributed by atoms with van der Waals surface area (Å²) < 4.78 is 19.3. The third-order valence-electron chi connectivity index (χ3n) is 4.36. The molecule has 1 aromatic heterocycles. The number of carbonyl (C=O) groups excluding carboxylic acids is 1. The van der Waals surface area contributed by atoms with Crippen LogP contribution < -0.4 is 5.56 Å². The summed E-state index contributed by atoms with van der Waals surface area (Å²) in [4.78, 5) is 26.4. The number of hydrogen-bond acceptors (Lipinski definition) is 4. The Bertz CT molecular complexity index is 804. The molecule has 2 heterocycles. The molecule has 0 aliphatic carbocycles. The quantitative estimate of drug-likeness (QED) is 0.831. The number of amides is 1. The lowest BCUT2D eigenvalue weighted by Gasteiger charge is -2.25. The number of carbonyl (C=O) groups is 1. The molecule has 1 fully saturated rings. The maximum atomic E-state index is 13.1. The maximum absolute atomic E-state index is 13.1. The topological polar surface area (TPSA) is 64.4 Å². The summed E-state index contributed by atoms with van der Waals surface area (Å²) in [6.45, 7) is 1.24. The molecule has 1 aliphatic heterocycles. The predicted molar refractivity (Wildman–Crippen MR) is 89.8 cm³/mol. The number of rotatable bonds is 5. The lowest BCUT2D eigenvalue weighted by atomic mass is 10.0. The second-order valence-electron chi connectivity index (χ2n) is 5.98. The number of nitrogens with zero attached hydrogens (tertiary/aromatic N) is 3. The maximum Gasteiger partial charge on any atom is 0.274 e. The zero-order valence-corrected chi connectivity index (χ0v) is 14.0. The zero-order valence-electron chi connectivity index (χ0n) is 14.0. The molecule has 2 aromatic rings. The van der Waals surface area contributed by atoms with Gasteiger partial charge in [-0.15, -0.1) is 0 Å². The highest BCUT2D eigenvalue weighted by atomic mass is 19.1. The van der Waals surface area contributed by atoms with Gasteiger partial charge in [0.25, 0.3) is 11.5 Å². The van der Waals surface area contributed by atoms with Crippen LogP contribution in [0.5, 0.6) is 0 Å². The molecule has 1 unspecified atom stereocenters. The second kappa shape index (κ2) is 7.57. The van der Waals surface area contributed by atoms with Crippen LogP contribution in [0.1, 0.15) is 34.9 Å². The first-order chi connectivity index (χ1) is 12.1. The lowest BCUT2D eigenvalue weighted by molar-refractivity contribution is 0.0725. The molecule has 3 rings (SSSR count). The highest BCUT2D eigenvalue weighted by molar-refractivity contribution is 5.92. The first-order valence-corrected chi connectivity index (χ1v) is 8.23. The van der Waals surface area contributed by atoms with Gasteiger partial charge in [-0.1, -0.05) is 12.1 Å². The first-order valence-electron chi connectivity index (χ1n) is 8.23. The summed E-state index contributed by atoms with van der Waals surface area (Å²) in [5.74, 6) is -0.524. The normalized spacial score (nSPS) is 17.0. The number of benzene rings is 1. The third-order valence-corrected chi connectivity index (χ3v) is 4.36. The average molecular weight is 345 g/mol. The highest BCUT2D eigenvalue weighted by Gasteiger charge is 2.31. The van der Waals surface area contributed by atoms with Crippen LogP contribution in [0.25, 0.3) is 0 Å². The van der Waals surface area contributed by atoms with Gasteiger partial charge in [-0.25, -0.2) is 9.07 Å². The van der Waals surface area contributed by atoms with Crippen LogP contribution in [0.15, 0.2) is 41.2 Å². The van der Waals surface area contributed by atoms with E-state index in [4.69, 9.17) is 4.74 Å². The van der Waals surface area contributed by atoms with Crippen molar-refractivity contribution < 1.29 is 13.9 Å². The van der Waals surface area contributed by atoms with E-state index in [2.05, 4.69) is 5.10 Å². The fraction of sp³-hybridized carbons (Fsp3) is 0.389. The number of hydrogen-bond donors (Lipinski definition) is 0. The Hall–Kier alpha value is -2.54. The average Bonchev–Trinajstić information content (AvgIpc) is 3.11. The number of likely N-dealkylation sites (tertiary alicyclic amines) is 1. The van der Waals surface area contributed by atoms with Crippen molar-refractivity contribution in [1.82, 2.24) is 14.7 Å². The van der Waals surface area contributed by atoms with Gasteiger partial charge in [0.05, 0.1) is 19.2 Å². The molecule has 0 radical (unpaired) electrons. The van der Waals surface area contributed by atoms with Crippen LogP contribution in [-0.2, 0) is 11.3 Å². The van der Waals surface area contributed by atoms with E-state index in [0.717, 1.165) is 18.4 Å². The molecular weight excluding hydrogens is 325 g/mol. The fourth-order valence-electron chi connectivity index (χ4n) is 3.09. The van der Waals surface area contributed by atoms with Crippen LogP contribution in [-0.4, -0.2) is 40.8 Å². The van der Waals surface area contributed by atoms with E-state index >= 15 is 0 Å². The molecule has 1 amide bonds. The minimum absolute atomic E-state index is 0.103. The molecule has 1 atom stereocenters. The van der Waals surface area contributed by atoms with Crippen LogP contribution >= 0.6 is 0 Å². The van der Waals surface area contributed by atoms with Gasteiger partial charge in [0.15, 0.2) is 0 Å². The molecule has 25 heavy (non-hydrogen) atoms. The SMILES string of the molecule is COCCn1nc(C(=O)N2CCCC2c2ccc(F)cc2)ccc1=O. The molecule has 6 nitrogen and oxygen atoms in total. The van der Waals surface area contributed by atoms with Crippen molar-refractivity contribution in [3.8, 4) is 0 Å². The van der Waals surface area contributed by atoms with E-state index in [9.17, 15) is 14.0 Å². The molecule has 1 aliphatic rings. The Kier molecular flexibility index (Phi) is 5.23. The van der Waals surface area contributed by atoms with E-state index in [1.165, 1.54) is 36.1 Å². The Morgan fingerprint density at radius 3 is 2.76 bits per heavy atom. The molecule has 0 bridgehead atoms. The van der Waals surface area contributed by atoms with Gasteiger partial charge in [-0.2, -0.15) is 5.10 Å². The van der Waals surface area contributed by atoms with Crippen LogP contribution in [0, 0.1) is 5.82 Å². The van der Waals surface area contributed by atoms with Crippen molar-refractivity contribution in [2.75, 3.05) is 20.3 Å². The molecule has 0 spiro atoms. The molecule has 1 saturated heterocycles. The fourth-order valence-corrected chi connectivity index (χ4v) is 3.09. The van der Waals surface area contributed by atoms with Gasteiger partial charge in [0.2, 0.25) is 0 Å². The number of methoxy groups -OCH3 is 1. The summed E-state index contributed by atoms with van der Waals surface area (Å²) in [6.07, 6.45) is 1.69. The van der Waals surface area contributed by atoms with E-state index in [1.807, 2.05) is 0 Å². The van der Waals surface area contributed by atoms with E-state index in [-0.39, 0.29) is 35.6 Å². The van der Waals surface area contributed by atoms with Crippen LogP contribution in [0.2, 0.25) is 0 Å². The van der Waals surface area contributed by atoms with E-state index < -0.39 is 0 Å². The Morgan fingerprint density at radius 2 is 2.04 bits per heavy atom. The van der Waals surface area contributed by atoms with Gasteiger partial charge < -0.3 is 9.64 Å². The Labute approximate surface area is 144 Å². The minimum Gasteiger partial charge on any atom is -0.383 e. The standard InChI is InChI=1S/C18H20FN3O3/c1-25-12-11-22-17(23)9-8-15(20-22)18(24)21-10-2-3-16(21)13-4-6-14(19)7-5-13/h4-9,16H,2-3,10-12H2,1H3. The summed E-state index contributed by atoms with van der Waals surface area (Å²) in [5.41, 5.74) is 0.856. The zero-order chi connectivity index (χ0) is 17.8. The number of aromatic nitrogens is 2. The Balaban J connectivity index is 1.84. The van der Waals surface area contributed by atoms with Gasteiger partial charge in [0, 0.05) is 19.7 Å². The molecule has 7 heteroatoms. The van der Waals surface area contributed by atoms with Crippen LogP contribution in [0.3, 0.4) is 0 Å². The Morgan fingerprint density at radius 1 is 1.28 bits per heavy atom. The summed E-state index contributed by atoms with van der Waals surface area (Å²) in [7, 11) is 1.54. The first kappa shape index (κ1) is 17.3. The summed E-state index contributed by atoms with van der Waals surface area (Å²) in [6, 6.07) is 8.91. The highest BCUT2D eigenvalue weighted by Crippen LogP contribution is 2.32. The lowest BCUT2D eigenvalue weighted by Crippen LogP contribution is -2.34. The molecule has 0 N–H and O–H groups in total. The van der Waals surface area contributed by atoms with Crippen LogP contribution in [0.4, 0.5) is 4.39 Å². The molecule has 0 saturated carbocycles. The van der Waals surface area contributed by atoms with Gasteiger partial charge in [-0.3, -0.25) is 9.59 Å². The smallest absolute Gasteiger partial charge is 0.274 e. The van der Waals surface area contributed by atoms with Gasteiger partial charge >= 0.3 is 0 Å². The molecule has 1 aromatic carbocycles. The van der Waals surface area contributed by atoms with Crippen molar-refractivity contribution in [2.45, 2.75) is 25.4 Å². The van der Waals surface area contributed by atoms with E-state index in [0.29, 0.717) is 13.2 Å².